The van der Waals surface area contributed by atoms with Crippen LogP contribution in [0.3, 0.4) is 0 Å². The number of nitrogens with two attached hydrogens (primary N) is 1. The van der Waals surface area contributed by atoms with Crippen molar-refractivity contribution in [3.63, 3.8) is 0 Å². The molecule has 0 bridgehead atoms. The molecular weight excluding hydrogens is 238 g/mol. The van der Waals surface area contributed by atoms with Gasteiger partial charge < -0.3 is 16.0 Å². The molecule has 1 saturated heterocycles. The van der Waals surface area contributed by atoms with Gasteiger partial charge in [-0.05, 0) is 51.0 Å². The average Bonchev–Trinajstić information content (AvgIpc) is 2.46. The maximum absolute atomic E-state index is 11.8. The number of piperidine rings is 1. The number of amides is 1. The predicted molar refractivity (Wildman–Crippen MR) is 77.0 cm³/mol. The van der Waals surface area contributed by atoms with E-state index in [9.17, 15) is 4.79 Å². The first-order valence-electron chi connectivity index (χ1n) is 7.07. The van der Waals surface area contributed by atoms with Gasteiger partial charge in [-0.2, -0.15) is 0 Å². The Kier molecular flexibility index (Phi) is 5.36. The van der Waals surface area contributed by atoms with Crippen molar-refractivity contribution in [2.24, 2.45) is 5.73 Å². The molecule has 19 heavy (non-hydrogen) atoms. The van der Waals surface area contributed by atoms with Crippen LogP contribution in [0.5, 0.6) is 0 Å². The quantitative estimate of drug-likeness (QED) is 0.784. The van der Waals surface area contributed by atoms with Crippen molar-refractivity contribution in [2.75, 3.05) is 26.2 Å². The van der Waals surface area contributed by atoms with Crippen LogP contribution in [0.2, 0.25) is 0 Å². The molecule has 0 atom stereocenters. The largest absolute Gasteiger partial charge is 0.352 e. The van der Waals surface area contributed by atoms with Gasteiger partial charge in [0.05, 0.1) is 0 Å². The summed E-state index contributed by atoms with van der Waals surface area (Å²) in [5, 5.41) is 2.96. The van der Waals surface area contributed by atoms with Crippen molar-refractivity contribution in [2.45, 2.75) is 25.3 Å². The van der Waals surface area contributed by atoms with Gasteiger partial charge in [-0.3, -0.25) is 4.79 Å². The van der Waals surface area contributed by atoms with Crippen LogP contribution in [0.15, 0.2) is 30.3 Å². The Morgan fingerprint density at radius 3 is 2.63 bits per heavy atom. The van der Waals surface area contributed by atoms with Gasteiger partial charge in [0, 0.05) is 18.2 Å². The average molecular weight is 261 g/mol. The van der Waals surface area contributed by atoms with E-state index in [1.54, 1.807) is 0 Å². The second kappa shape index (κ2) is 7.26. The summed E-state index contributed by atoms with van der Waals surface area (Å²) in [5.41, 5.74) is 6.60. The molecule has 1 aromatic carbocycles. The van der Waals surface area contributed by atoms with Crippen molar-refractivity contribution >= 4 is 5.91 Å². The van der Waals surface area contributed by atoms with Crippen LogP contribution in [0, 0.1) is 0 Å². The zero-order chi connectivity index (χ0) is 13.5. The Hall–Kier alpha value is -1.39. The first-order chi connectivity index (χ1) is 9.25. The van der Waals surface area contributed by atoms with E-state index in [-0.39, 0.29) is 5.91 Å². The lowest BCUT2D eigenvalue weighted by atomic mass is 10.1. The Morgan fingerprint density at radius 1 is 1.26 bits per heavy atom. The van der Waals surface area contributed by atoms with E-state index in [2.05, 4.69) is 10.2 Å². The number of likely N-dealkylation sites (tertiary alicyclic amines) is 1. The SMILES string of the molecule is NC1CCN(CCCNC(=O)c2ccccc2)CC1. The topological polar surface area (TPSA) is 58.4 Å². The summed E-state index contributed by atoms with van der Waals surface area (Å²) in [7, 11) is 0. The molecule has 4 heteroatoms. The number of carbonyl (C=O) groups excluding carboxylic acids is 1. The summed E-state index contributed by atoms with van der Waals surface area (Å²) in [6.07, 6.45) is 3.18. The molecule has 1 amide bonds. The number of benzene rings is 1. The molecule has 1 aliphatic heterocycles. The van der Waals surface area contributed by atoms with Crippen molar-refractivity contribution < 1.29 is 4.79 Å². The fourth-order valence-electron chi connectivity index (χ4n) is 2.37. The molecule has 0 saturated carbocycles. The molecule has 3 N–H and O–H groups in total. The van der Waals surface area contributed by atoms with Crippen LogP contribution >= 0.6 is 0 Å². The third kappa shape index (κ3) is 4.65. The number of hydrogen-bond acceptors (Lipinski definition) is 3. The maximum Gasteiger partial charge on any atom is 0.251 e. The highest BCUT2D eigenvalue weighted by Gasteiger charge is 2.15. The first kappa shape index (κ1) is 14.0. The third-order valence-electron chi connectivity index (χ3n) is 3.60. The standard InChI is InChI=1S/C15H23N3O/c16-14-7-11-18(12-8-14)10-4-9-17-15(19)13-5-2-1-3-6-13/h1-3,5-6,14H,4,7-12,16H2,(H,17,19). The molecule has 1 aliphatic rings. The molecular formula is C15H23N3O. The zero-order valence-electron chi connectivity index (χ0n) is 11.3. The number of carbonyl (C=O) groups is 1. The Bertz CT molecular complexity index is 386. The molecule has 0 spiro atoms. The molecule has 2 rings (SSSR count). The highest BCUT2D eigenvalue weighted by molar-refractivity contribution is 5.94. The molecule has 0 unspecified atom stereocenters. The van der Waals surface area contributed by atoms with Crippen molar-refractivity contribution in [3.8, 4) is 0 Å². The first-order valence-corrected chi connectivity index (χ1v) is 7.07. The van der Waals surface area contributed by atoms with E-state index in [1.807, 2.05) is 30.3 Å². The minimum Gasteiger partial charge on any atom is -0.352 e. The van der Waals surface area contributed by atoms with Crippen molar-refractivity contribution in [1.82, 2.24) is 10.2 Å². The van der Waals surface area contributed by atoms with Gasteiger partial charge in [0.1, 0.15) is 0 Å². The summed E-state index contributed by atoms with van der Waals surface area (Å²) in [4.78, 5) is 14.2. The fourth-order valence-corrected chi connectivity index (χ4v) is 2.37. The lowest BCUT2D eigenvalue weighted by Gasteiger charge is -2.29. The molecule has 1 aromatic rings. The minimum absolute atomic E-state index is 0.0151. The van der Waals surface area contributed by atoms with Crippen molar-refractivity contribution in [3.05, 3.63) is 35.9 Å². The normalized spacial score (nSPS) is 17.3. The minimum atomic E-state index is 0.0151. The van der Waals surface area contributed by atoms with E-state index >= 15 is 0 Å². The van der Waals surface area contributed by atoms with Crippen LogP contribution < -0.4 is 11.1 Å². The van der Waals surface area contributed by atoms with Gasteiger partial charge in [0.2, 0.25) is 0 Å². The van der Waals surface area contributed by atoms with Crippen LogP contribution in [-0.2, 0) is 0 Å². The van der Waals surface area contributed by atoms with E-state index in [0.717, 1.165) is 51.0 Å². The fraction of sp³-hybridized carbons (Fsp3) is 0.533. The van der Waals surface area contributed by atoms with E-state index < -0.39 is 0 Å². The second-order valence-corrected chi connectivity index (χ2v) is 5.15. The van der Waals surface area contributed by atoms with E-state index in [0.29, 0.717) is 6.04 Å². The van der Waals surface area contributed by atoms with Crippen LogP contribution in [-0.4, -0.2) is 43.0 Å². The van der Waals surface area contributed by atoms with Gasteiger partial charge in [-0.15, -0.1) is 0 Å². The number of hydrogen-bond donors (Lipinski definition) is 2. The predicted octanol–water partition coefficient (Wildman–Crippen LogP) is 1.23. The van der Waals surface area contributed by atoms with Gasteiger partial charge in [-0.25, -0.2) is 0 Å². The Balaban J connectivity index is 1.61. The maximum atomic E-state index is 11.8. The van der Waals surface area contributed by atoms with E-state index in [4.69, 9.17) is 5.73 Å². The number of nitrogens with one attached hydrogen (secondary N) is 1. The third-order valence-corrected chi connectivity index (χ3v) is 3.60. The van der Waals surface area contributed by atoms with Gasteiger partial charge in [0.15, 0.2) is 0 Å². The summed E-state index contributed by atoms with van der Waals surface area (Å²) in [5.74, 6) is 0.0151. The smallest absolute Gasteiger partial charge is 0.251 e. The van der Waals surface area contributed by atoms with Gasteiger partial charge in [-0.1, -0.05) is 18.2 Å². The van der Waals surface area contributed by atoms with Crippen LogP contribution in [0.4, 0.5) is 0 Å². The second-order valence-electron chi connectivity index (χ2n) is 5.15. The molecule has 4 nitrogen and oxygen atoms in total. The van der Waals surface area contributed by atoms with Crippen LogP contribution in [0.25, 0.3) is 0 Å². The summed E-state index contributed by atoms with van der Waals surface area (Å²) < 4.78 is 0. The summed E-state index contributed by atoms with van der Waals surface area (Å²) >= 11 is 0. The molecule has 0 aliphatic carbocycles. The Labute approximate surface area is 115 Å². The zero-order valence-corrected chi connectivity index (χ0v) is 11.3. The lowest BCUT2D eigenvalue weighted by Crippen LogP contribution is -2.40. The molecule has 104 valence electrons. The summed E-state index contributed by atoms with van der Waals surface area (Å²) in [6.45, 7) is 3.96. The highest BCUT2D eigenvalue weighted by Crippen LogP contribution is 2.08. The number of rotatable bonds is 5. The highest BCUT2D eigenvalue weighted by atomic mass is 16.1. The summed E-state index contributed by atoms with van der Waals surface area (Å²) in [6, 6.07) is 9.73. The van der Waals surface area contributed by atoms with E-state index in [1.165, 1.54) is 0 Å². The van der Waals surface area contributed by atoms with Crippen LogP contribution in [0.1, 0.15) is 29.6 Å². The monoisotopic (exact) mass is 261 g/mol. The lowest BCUT2D eigenvalue weighted by molar-refractivity contribution is 0.0951. The molecule has 0 aromatic heterocycles. The van der Waals surface area contributed by atoms with Crippen molar-refractivity contribution in [1.29, 1.82) is 0 Å². The molecule has 1 heterocycles. The Morgan fingerprint density at radius 2 is 1.95 bits per heavy atom. The molecule has 1 fully saturated rings. The van der Waals surface area contributed by atoms with Gasteiger partial charge >= 0.3 is 0 Å². The molecule has 0 radical (unpaired) electrons. The number of nitrogens with zero attached hydrogens (tertiary/aromatic N) is 1. The van der Waals surface area contributed by atoms with Gasteiger partial charge in [0.25, 0.3) is 5.91 Å².